The highest BCUT2D eigenvalue weighted by Gasteiger charge is 2.19. The van der Waals surface area contributed by atoms with Crippen LogP contribution in [0.3, 0.4) is 0 Å². The Morgan fingerprint density at radius 3 is 2.47 bits per heavy atom. The van der Waals surface area contributed by atoms with Gasteiger partial charge in [0.1, 0.15) is 12.4 Å². The second-order valence-electron chi connectivity index (χ2n) is 4.84. The molecule has 1 aromatic rings. The standard InChI is InChI=1S/C13H21NO/c1-10-6-5-7-11(13(2,3)4)12(10)15-9-8-14/h5-7H,8-9,14H2,1-4H3. The van der Waals surface area contributed by atoms with E-state index in [0.29, 0.717) is 13.2 Å². The van der Waals surface area contributed by atoms with Gasteiger partial charge in [-0.05, 0) is 23.5 Å². The summed E-state index contributed by atoms with van der Waals surface area (Å²) in [5.41, 5.74) is 7.99. The molecule has 0 aliphatic heterocycles. The summed E-state index contributed by atoms with van der Waals surface area (Å²) < 4.78 is 5.72. The number of aryl methyl sites for hydroxylation is 1. The molecule has 0 aromatic heterocycles. The molecule has 0 fully saturated rings. The van der Waals surface area contributed by atoms with Gasteiger partial charge in [-0.1, -0.05) is 39.0 Å². The molecule has 1 aromatic carbocycles. The zero-order chi connectivity index (χ0) is 11.5. The van der Waals surface area contributed by atoms with E-state index < -0.39 is 0 Å². The van der Waals surface area contributed by atoms with E-state index in [1.165, 1.54) is 11.1 Å². The van der Waals surface area contributed by atoms with E-state index in [1.807, 2.05) is 0 Å². The molecule has 2 nitrogen and oxygen atoms in total. The van der Waals surface area contributed by atoms with E-state index in [4.69, 9.17) is 10.5 Å². The van der Waals surface area contributed by atoms with E-state index in [-0.39, 0.29) is 5.41 Å². The Kier molecular flexibility index (Phi) is 3.75. The molecule has 0 aliphatic rings. The van der Waals surface area contributed by atoms with E-state index in [9.17, 15) is 0 Å². The normalized spacial score (nSPS) is 11.5. The monoisotopic (exact) mass is 207 g/mol. The van der Waals surface area contributed by atoms with Gasteiger partial charge >= 0.3 is 0 Å². The zero-order valence-corrected chi connectivity index (χ0v) is 10.1. The number of hydrogen-bond acceptors (Lipinski definition) is 2. The lowest BCUT2D eigenvalue weighted by Crippen LogP contribution is -2.17. The van der Waals surface area contributed by atoms with Crippen LogP contribution in [-0.2, 0) is 5.41 Å². The predicted octanol–water partition coefficient (Wildman–Crippen LogP) is 2.63. The van der Waals surface area contributed by atoms with Gasteiger partial charge in [-0.3, -0.25) is 0 Å². The van der Waals surface area contributed by atoms with Crippen LogP contribution < -0.4 is 10.5 Å². The second kappa shape index (κ2) is 4.67. The minimum Gasteiger partial charge on any atom is -0.492 e. The molecule has 0 aliphatic carbocycles. The molecule has 15 heavy (non-hydrogen) atoms. The van der Waals surface area contributed by atoms with Crippen LogP contribution in [-0.4, -0.2) is 13.2 Å². The summed E-state index contributed by atoms with van der Waals surface area (Å²) in [6.07, 6.45) is 0. The average Bonchev–Trinajstić information content (AvgIpc) is 2.14. The number of rotatable bonds is 3. The molecule has 2 N–H and O–H groups in total. The molecule has 84 valence electrons. The Labute approximate surface area is 92.4 Å². The number of nitrogens with two attached hydrogens (primary N) is 1. The molecule has 1 rings (SSSR count). The summed E-state index contributed by atoms with van der Waals surface area (Å²) in [4.78, 5) is 0. The lowest BCUT2D eigenvalue weighted by atomic mass is 9.85. The van der Waals surface area contributed by atoms with Crippen LogP contribution in [0.1, 0.15) is 31.9 Å². The van der Waals surface area contributed by atoms with Gasteiger partial charge in [0.2, 0.25) is 0 Å². The van der Waals surface area contributed by atoms with Gasteiger partial charge in [0.15, 0.2) is 0 Å². The Morgan fingerprint density at radius 1 is 1.27 bits per heavy atom. The lowest BCUT2D eigenvalue weighted by molar-refractivity contribution is 0.316. The van der Waals surface area contributed by atoms with E-state index in [0.717, 1.165) is 5.75 Å². The SMILES string of the molecule is Cc1cccc(C(C)(C)C)c1OCCN. The predicted molar refractivity (Wildman–Crippen MR) is 64.4 cm³/mol. The van der Waals surface area contributed by atoms with Gasteiger partial charge in [-0.2, -0.15) is 0 Å². The van der Waals surface area contributed by atoms with Crippen LogP contribution in [0.2, 0.25) is 0 Å². The third-order valence-corrected chi connectivity index (χ3v) is 2.38. The second-order valence-corrected chi connectivity index (χ2v) is 4.84. The van der Waals surface area contributed by atoms with Gasteiger partial charge in [0.05, 0.1) is 0 Å². The summed E-state index contributed by atoms with van der Waals surface area (Å²) >= 11 is 0. The van der Waals surface area contributed by atoms with Gasteiger partial charge in [-0.15, -0.1) is 0 Å². The fourth-order valence-electron chi connectivity index (χ4n) is 1.60. The van der Waals surface area contributed by atoms with Crippen molar-refractivity contribution in [1.29, 1.82) is 0 Å². The van der Waals surface area contributed by atoms with Crippen LogP contribution in [0.25, 0.3) is 0 Å². The van der Waals surface area contributed by atoms with Gasteiger partial charge < -0.3 is 10.5 Å². The maximum Gasteiger partial charge on any atom is 0.125 e. The van der Waals surface area contributed by atoms with Crippen molar-refractivity contribution in [3.63, 3.8) is 0 Å². The fourth-order valence-corrected chi connectivity index (χ4v) is 1.60. The summed E-state index contributed by atoms with van der Waals surface area (Å²) in [7, 11) is 0. The van der Waals surface area contributed by atoms with Crippen LogP contribution >= 0.6 is 0 Å². The minimum atomic E-state index is 0.107. The lowest BCUT2D eigenvalue weighted by Gasteiger charge is -2.24. The number of benzene rings is 1. The van der Waals surface area contributed by atoms with Crippen LogP contribution in [0.15, 0.2) is 18.2 Å². The Hall–Kier alpha value is -1.02. The first-order chi connectivity index (χ1) is 6.96. The topological polar surface area (TPSA) is 35.2 Å². The first-order valence-electron chi connectivity index (χ1n) is 5.40. The third-order valence-electron chi connectivity index (χ3n) is 2.38. The van der Waals surface area contributed by atoms with E-state index in [2.05, 4.69) is 45.9 Å². The summed E-state index contributed by atoms with van der Waals surface area (Å²) in [5, 5.41) is 0. The molecule has 0 saturated carbocycles. The highest BCUT2D eigenvalue weighted by molar-refractivity contribution is 5.44. The highest BCUT2D eigenvalue weighted by Crippen LogP contribution is 2.33. The largest absolute Gasteiger partial charge is 0.492 e. The molecule has 0 bridgehead atoms. The third kappa shape index (κ3) is 2.96. The Balaban J connectivity index is 3.09. The maximum absolute atomic E-state index is 5.72. The molecular formula is C13H21NO. The van der Waals surface area contributed by atoms with Gasteiger partial charge in [-0.25, -0.2) is 0 Å². The highest BCUT2D eigenvalue weighted by atomic mass is 16.5. The van der Waals surface area contributed by atoms with Crippen molar-refractivity contribution in [1.82, 2.24) is 0 Å². The van der Waals surface area contributed by atoms with Crippen molar-refractivity contribution in [3.05, 3.63) is 29.3 Å². The Morgan fingerprint density at radius 2 is 1.93 bits per heavy atom. The van der Waals surface area contributed by atoms with Crippen molar-refractivity contribution < 1.29 is 4.74 Å². The molecular weight excluding hydrogens is 186 g/mol. The maximum atomic E-state index is 5.72. The van der Waals surface area contributed by atoms with Crippen molar-refractivity contribution >= 4 is 0 Å². The molecule has 0 atom stereocenters. The van der Waals surface area contributed by atoms with Crippen molar-refractivity contribution in [2.75, 3.05) is 13.2 Å². The molecule has 0 heterocycles. The van der Waals surface area contributed by atoms with Crippen molar-refractivity contribution in [2.24, 2.45) is 5.73 Å². The summed E-state index contributed by atoms with van der Waals surface area (Å²) in [6.45, 7) is 9.78. The summed E-state index contributed by atoms with van der Waals surface area (Å²) in [5.74, 6) is 0.996. The molecule has 0 unspecified atom stereocenters. The molecule has 0 amide bonds. The minimum absolute atomic E-state index is 0.107. The molecule has 0 spiro atoms. The van der Waals surface area contributed by atoms with Gasteiger partial charge in [0.25, 0.3) is 0 Å². The number of hydrogen-bond donors (Lipinski definition) is 1. The van der Waals surface area contributed by atoms with E-state index >= 15 is 0 Å². The molecule has 0 saturated heterocycles. The quantitative estimate of drug-likeness (QED) is 0.827. The smallest absolute Gasteiger partial charge is 0.125 e. The first-order valence-corrected chi connectivity index (χ1v) is 5.40. The zero-order valence-electron chi connectivity index (χ0n) is 10.1. The first kappa shape index (κ1) is 12.1. The van der Waals surface area contributed by atoms with Gasteiger partial charge in [0, 0.05) is 6.54 Å². The fraction of sp³-hybridized carbons (Fsp3) is 0.538. The van der Waals surface area contributed by atoms with E-state index in [1.54, 1.807) is 0 Å². The van der Waals surface area contributed by atoms with Crippen LogP contribution in [0.4, 0.5) is 0 Å². The average molecular weight is 207 g/mol. The summed E-state index contributed by atoms with van der Waals surface area (Å²) in [6, 6.07) is 6.27. The molecule has 2 heteroatoms. The van der Waals surface area contributed by atoms with Crippen LogP contribution in [0.5, 0.6) is 5.75 Å². The number of ether oxygens (including phenoxy) is 1. The van der Waals surface area contributed by atoms with Crippen molar-refractivity contribution in [3.8, 4) is 5.75 Å². The van der Waals surface area contributed by atoms with Crippen molar-refractivity contribution in [2.45, 2.75) is 33.1 Å². The number of para-hydroxylation sites is 1. The van der Waals surface area contributed by atoms with Crippen LogP contribution in [0, 0.1) is 6.92 Å². The molecule has 0 radical (unpaired) electrons. The Bertz CT molecular complexity index is 326.